The highest BCUT2D eigenvalue weighted by Crippen LogP contribution is 2.21. The molecule has 28 heavy (non-hydrogen) atoms. The number of amides is 2. The minimum Gasteiger partial charge on any atom is -0.352 e. The molecule has 9 heteroatoms. The quantitative estimate of drug-likeness (QED) is 0.712. The molecule has 1 aromatic heterocycles. The molecule has 2 aromatic rings. The van der Waals surface area contributed by atoms with Crippen LogP contribution in [0.2, 0.25) is 5.02 Å². The van der Waals surface area contributed by atoms with Crippen molar-refractivity contribution in [3.63, 3.8) is 0 Å². The number of carbonyl (C=O) groups excluding carboxylic acids is 2. The first-order valence-electron chi connectivity index (χ1n) is 8.58. The average molecular weight is 405 g/mol. The van der Waals surface area contributed by atoms with E-state index in [4.69, 9.17) is 11.6 Å². The Morgan fingerprint density at radius 3 is 2.61 bits per heavy atom. The fourth-order valence-electron chi connectivity index (χ4n) is 2.44. The summed E-state index contributed by atoms with van der Waals surface area (Å²) in [5, 5.41) is 5.69. The number of rotatable bonds is 6. The first-order valence-corrected chi connectivity index (χ1v) is 8.95. The van der Waals surface area contributed by atoms with E-state index in [0.29, 0.717) is 11.6 Å². The lowest BCUT2D eigenvalue weighted by Crippen LogP contribution is -2.37. The summed E-state index contributed by atoms with van der Waals surface area (Å²) in [5.41, 5.74) is -0.281. The Morgan fingerprint density at radius 1 is 1.21 bits per heavy atom. The maximum absolute atomic E-state index is 12.3. The van der Waals surface area contributed by atoms with Crippen molar-refractivity contribution >= 4 is 35.2 Å². The Hall–Kier alpha value is -3.13. The van der Waals surface area contributed by atoms with Crippen LogP contribution in [0.5, 0.6) is 0 Å². The standard InChI is InChI=1S/C19H21ClN4O4/c1-4-9-21-17(26)14-7-6-13(20)10-15(14)22-16(25)8-5-12-11-23(2)19(28)24(3)18(12)27/h5-8,10-11H,4,9H2,1-3H3,(H,21,26)(H,22,25). The smallest absolute Gasteiger partial charge is 0.330 e. The van der Waals surface area contributed by atoms with Gasteiger partial charge < -0.3 is 15.2 Å². The van der Waals surface area contributed by atoms with Gasteiger partial charge in [-0.15, -0.1) is 0 Å². The summed E-state index contributed by atoms with van der Waals surface area (Å²) in [6.07, 6.45) is 4.57. The topological polar surface area (TPSA) is 102 Å². The van der Waals surface area contributed by atoms with E-state index < -0.39 is 17.2 Å². The number of nitrogens with zero attached hydrogens (tertiary/aromatic N) is 2. The Labute approximate surface area is 166 Å². The van der Waals surface area contributed by atoms with Crippen LogP contribution in [-0.4, -0.2) is 27.5 Å². The van der Waals surface area contributed by atoms with Crippen molar-refractivity contribution in [2.75, 3.05) is 11.9 Å². The first kappa shape index (κ1) is 21.2. The molecular weight excluding hydrogens is 384 g/mol. The number of hydrogen-bond acceptors (Lipinski definition) is 4. The van der Waals surface area contributed by atoms with Crippen molar-refractivity contribution in [3.8, 4) is 0 Å². The molecule has 0 aliphatic carbocycles. The lowest BCUT2D eigenvalue weighted by molar-refractivity contribution is -0.111. The van der Waals surface area contributed by atoms with Gasteiger partial charge in [0.1, 0.15) is 0 Å². The van der Waals surface area contributed by atoms with Gasteiger partial charge in [0.15, 0.2) is 0 Å². The van der Waals surface area contributed by atoms with E-state index >= 15 is 0 Å². The van der Waals surface area contributed by atoms with Crippen LogP contribution < -0.4 is 21.9 Å². The molecule has 0 radical (unpaired) electrons. The third kappa shape index (κ3) is 4.98. The fraction of sp³-hybridized carbons (Fsp3) is 0.263. The van der Waals surface area contributed by atoms with Crippen LogP contribution in [0.1, 0.15) is 29.3 Å². The molecule has 8 nitrogen and oxygen atoms in total. The second-order valence-electron chi connectivity index (χ2n) is 6.11. The summed E-state index contributed by atoms with van der Waals surface area (Å²) in [7, 11) is 2.86. The summed E-state index contributed by atoms with van der Waals surface area (Å²) >= 11 is 5.98. The summed E-state index contributed by atoms with van der Waals surface area (Å²) < 4.78 is 2.19. The van der Waals surface area contributed by atoms with Crippen LogP contribution in [0.3, 0.4) is 0 Å². The van der Waals surface area contributed by atoms with Crippen molar-refractivity contribution in [2.24, 2.45) is 14.1 Å². The number of hydrogen-bond donors (Lipinski definition) is 2. The predicted molar refractivity (Wildman–Crippen MR) is 109 cm³/mol. The number of aryl methyl sites for hydroxylation is 1. The van der Waals surface area contributed by atoms with Gasteiger partial charge in [0.2, 0.25) is 5.91 Å². The summed E-state index contributed by atoms with van der Waals surface area (Å²) in [5.74, 6) is -0.882. The van der Waals surface area contributed by atoms with Crippen LogP contribution in [0.25, 0.3) is 6.08 Å². The highest BCUT2D eigenvalue weighted by molar-refractivity contribution is 6.31. The maximum Gasteiger partial charge on any atom is 0.330 e. The van der Waals surface area contributed by atoms with Crippen molar-refractivity contribution in [2.45, 2.75) is 13.3 Å². The van der Waals surface area contributed by atoms with Crippen LogP contribution in [0.4, 0.5) is 5.69 Å². The second kappa shape index (κ2) is 9.18. The largest absolute Gasteiger partial charge is 0.352 e. The average Bonchev–Trinajstić information content (AvgIpc) is 2.66. The Kier molecular flexibility index (Phi) is 6.94. The molecule has 0 bridgehead atoms. The minimum atomic E-state index is -0.553. The van der Waals surface area contributed by atoms with E-state index in [9.17, 15) is 19.2 Å². The van der Waals surface area contributed by atoms with Crippen LogP contribution in [0.15, 0.2) is 40.1 Å². The van der Waals surface area contributed by atoms with Gasteiger partial charge in [0.05, 0.1) is 16.8 Å². The zero-order valence-electron chi connectivity index (χ0n) is 15.8. The van der Waals surface area contributed by atoms with Crippen molar-refractivity contribution in [1.82, 2.24) is 14.5 Å². The molecule has 0 unspecified atom stereocenters. The summed E-state index contributed by atoms with van der Waals surface area (Å²) in [6, 6.07) is 4.55. The molecule has 0 spiro atoms. The Balaban J connectivity index is 2.25. The highest BCUT2D eigenvalue weighted by Gasteiger charge is 2.13. The second-order valence-corrected chi connectivity index (χ2v) is 6.55. The Morgan fingerprint density at radius 2 is 1.93 bits per heavy atom. The zero-order chi connectivity index (χ0) is 20.8. The van der Waals surface area contributed by atoms with Crippen molar-refractivity contribution in [1.29, 1.82) is 0 Å². The molecule has 0 aliphatic heterocycles. The van der Waals surface area contributed by atoms with E-state index in [1.54, 1.807) is 6.07 Å². The van der Waals surface area contributed by atoms with Gasteiger partial charge in [0, 0.05) is 37.9 Å². The van der Waals surface area contributed by atoms with Gasteiger partial charge in [-0.1, -0.05) is 18.5 Å². The van der Waals surface area contributed by atoms with E-state index in [1.807, 2.05) is 6.92 Å². The molecule has 1 heterocycles. The van der Waals surface area contributed by atoms with Crippen molar-refractivity contribution in [3.05, 3.63) is 67.5 Å². The van der Waals surface area contributed by atoms with Gasteiger partial charge >= 0.3 is 5.69 Å². The summed E-state index contributed by atoms with van der Waals surface area (Å²) in [4.78, 5) is 48.3. The van der Waals surface area contributed by atoms with Crippen LogP contribution >= 0.6 is 11.6 Å². The molecule has 0 saturated carbocycles. The monoisotopic (exact) mass is 404 g/mol. The minimum absolute atomic E-state index is 0.173. The van der Waals surface area contributed by atoms with Gasteiger partial charge in [-0.2, -0.15) is 0 Å². The highest BCUT2D eigenvalue weighted by atomic mass is 35.5. The molecule has 0 fully saturated rings. The molecule has 0 atom stereocenters. The van der Waals surface area contributed by atoms with E-state index in [1.165, 1.54) is 43.1 Å². The SMILES string of the molecule is CCCNC(=O)c1ccc(Cl)cc1NC(=O)C=Cc1cn(C)c(=O)n(C)c1=O. The third-order valence-electron chi connectivity index (χ3n) is 3.91. The molecule has 2 N–H and O–H groups in total. The van der Waals surface area contributed by atoms with Gasteiger partial charge in [0.25, 0.3) is 11.5 Å². The molecular formula is C19H21ClN4O4. The lowest BCUT2D eigenvalue weighted by Gasteiger charge is -2.10. The zero-order valence-corrected chi connectivity index (χ0v) is 16.5. The third-order valence-corrected chi connectivity index (χ3v) is 4.14. The maximum atomic E-state index is 12.3. The summed E-state index contributed by atoms with van der Waals surface area (Å²) in [6.45, 7) is 2.43. The molecule has 0 saturated heterocycles. The number of benzene rings is 1. The number of halogens is 1. The number of anilines is 1. The van der Waals surface area contributed by atoms with Crippen LogP contribution in [0, 0.1) is 0 Å². The number of carbonyl (C=O) groups is 2. The van der Waals surface area contributed by atoms with Gasteiger partial charge in [-0.25, -0.2) is 4.79 Å². The molecule has 2 amide bonds. The fourth-order valence-corrected chi connectivity index (χ4v) is 2.61. The number of nitrogens with one attached hydrogen (secondary N) is 2. The van der Waals surface area contributed by atoms with Crippen molar-refractivity contribution < 1.29 is 9.59 Å². The molecule has 1 aromatic carbocycles. The molecule has 2 rings (SSSR count). The van der Waals surface area contributed by atoms with E-state index in [0.717, 1.165) is 17.1 Å². The molecule has 0 aliphatic rings. The van der Waals surface area contributed by atoms with E-state index in [2.05, 4.69) is 10.6 Å². The van der Waals surface area contributed by atoms with Gasteiger partial charge in [-0.3, -0.25) is 19.0 Å². The van der Waals surface area contributed by atoms with Crippen LogP contribution in [-0.2, 0) is 18.9 Å². The molecule has 148 valence electrons. The number of aromatic nitrogens is 2. The van der Waals surface area contributed by atoms with E-state index in [-0.39, 0.29) is 22.7 Å². The first-order chi connectivity index (χ1) is 13.2. The Bertz CT molecular complexity index is 1050. The van der Waals surface area contributed by atoms with Gasteiger partial charge in [-0.05, 0) is 30.7 Å². The normalized spacial score (nSPS) is 10.9. The predicted octanol–water partition coefficient (Wildman–Crippen LogP) is 1.53. The lowest BCUT2D eigenvalue weighted by atomic mass is 10.1.